The summed E-state index contributed by atoms with van der Waals surface area (Å²) in [4.78, 5) is 11.9. The first-order valence-electron chi connectivity index (χ1n) is 6.70. The van der Waals surface area contributed by atoms with Crippen molar-refractivity contribution in [2.45, 2.75) is 26.7 Å². The molecule has 0 saturated carbocycles. The summed E-state index contributed by atoms with van der Waals surface area (Å²) in [7, 11) is 0. The van der Waals surface area contributed by atoms with Crippen molar-refractivity contribution in [2.24, 2.45) is 0 Å². The summed E-state index contributed by atoms with van der Waals surface area (Å²) in [6.45, 7) is 3.82. The second kappa shape index (κ2) is 6.24. The Morgan fingerprint density at radius 3 is 2.55 bits per heavy atom. The maximum atomic E-state index is 11.9. The van der Waals surface area contributed by atoms with Gasteiger partial charge in [0.05, 0.1) is 0 Å². The monoisotopic (exact) mass is 269 g/mol. The molecule has 2 aromatic rings. The first kappa shape index (κ1) is 14.1. The lowest BCUT2D eigenvalue weighted by Gasteiger charge is -2.08. The van der Waals surface area contributed by atoms with Gasteiger partial charge >= 0.3 is 0 Å². The van der Waals surface area contributed by atoms with E-state index < -0.39 is 0 Å². The number of carbonyl (C=O) groups excluding carboxylic acids is 1. The van der Waals surface area contributed by atoms with Crippen molar-refractivity contribution in [3.8, 4) is 5.75 Å². The number of amides is 1. The zero-order valence-corrected chi connectivity index (χ0v) is 11.8. The zero-order valence-electron chi connectivity index (χ0n) is 11.8. The number of benzene rings is 2. The van der Waals surface area contributed by atoms with Crippen LogP contribution in [-0.2, 0) is 11.2 Å². The average Bonchev–Trinajstić information content (AvgIpc) is 2.43. The number of aryl methyl sites for hydroxylation is 3. The summed E-state index contributed by atoms with van der Waals surface area (Å²) in [5.41, 5.74) is 3.71. The standard InChI is InChI=1S/C17H19NO2/c1-12-5-3-4-6-15(12)18-17(20)10-9-14-8-7-13(2)16(19)11-14/h3-8,11,19H,9-10H2,1-2H3,(H,18,20). The third-order valence-electron chi connectivity index (χ3n) is 3.33. The topological polar surface area (TPSA) is 49.3 Å². The van der Waals surface area contributed by atoms with Crippen LogP contribution in [0.4, 0.5) is 5.69 Å². The number of carbonyl (C=O) groups is 1. The highest BCUT2D eigenvalue weighted by molar-refractivity contribution is 5.91. The molecule has 1 amide bonds. The Hall–Kier alpha value is -2.29. The van der Waals surface area contributed by atoms with E-state index in [-0.39, 0.29) is 11.7 Å². The third-order valence-corrected chi connectivity index (χ3v) is 3.33. The van der Waals surface area contributed by atoms with Crippen LogP contribution >= 0.6 is 0 Å². The van der Waals surface area contributed by atoms with Crippen LogP contribution in [0.1, 0.15) is 23.1 Å². The summed E-state index contributed by atoms with van der Waals surface area (Å²) < 4.78 is 0. The Morgan fingerprint density at radius 1 is 1.10 bits per heavy atom. The van der Waals surface area contributed by atoms with Crippen molar-refractivity contribution >= 4 is 11.6 Å². The van der Waals surface area contributed by atoms with Crippen LogP contribution in [0, 0.1) is 13.8 Å². The first-order chi connectivity index (χ1) is 9.56. The van der Waals surface area contributed by atoms with Gasteiger partial charge < -0.3 is 10.4 Å². The minimum Gasteiger partial charge on any atom is -0.508 e. The Balaban J connectivity index is 1.92. The number of para-hydroxylation sites is 1. The molecule has 3 nitrogen and oxygen atoms in total. The first-order valence-corrected chi connectivity index (χ1v) is 6.70. The van der Waals surface area contributed by atoms with Gasteiger partial charge in [0.1, 0.15) is 5.75 Å². The zero-order chi connectivity index (χ0) is 14.5. The van der Waals surface area contributed by atoms with E-state index in [1.165, 1.54) is 0 Å². The molecule has 2 N–H and O–H groups in total. The molecule has 0 heterocycles. The molecule has 104 valence electrons. The van der Waals surface area contributed by atoms with Gasteiger partial charge in [0, 0.05) is 12.1 Å². The largest absolute Gasteiger partial charge is 0.508 e. The second-order valence-electron chi connectivity index (χ2n) is 4.98. The molecule has 0 saturated heterocycles. The van der Waals surface area contributed by atoms with E-state index in [1.807, 2.05) is 50.2 Å². The Kier molecular flexibility index (Phi) is 4.41. The van der Waals surface area contributed by atoms with Crippen LogP contribution in [0.15, 0.2) is 42.5 Å². The third kappa shape index (κ3) is 3.60. The smallest absolute Gasteiger partial charge is 0.224 e. The number of aromatic hydroxyl groups is 1. The quantitative estimate of drug-likeness (QED) is 0.891. The molecular formula is C17H19NO2. The Morgan fingerprint density at radius 2 is 1.85 bits per heavy atom. The van der Waals surface area contributed by atoms with Crippen LogP contribution in [0.2, 0.25) is 0 Å². The Labute approximate surface area is 119 Å². The maximum absolute atomic E-state index is 11.9. The number of anilines is 1. The van der Waals surface area contributed by atoms with Gasteiger partial charge in [-0.15, -0.1) is 0 Å². The fraction of sp³-hybridized carbons (Fsp3) is 0.235. The predicted molar refractivity (Wildman–Crippen MR) is 81.0 cm³/mol. The van der Waals surface area contributed by atoms with Gasteiger partial charge in [0.2, 0.25) is 5.91 Å². The molecule has 0 aliphatic heterocycles. The van der Waals surface area contributed by atoms with Crippen LogP contribution in [0.5, 0.6) is 5.75 Å². The molecule has 0 bridgehead atoms. The van der Waals surface area contributed by atoms with Gasteiger partial charge in [-0.25, -0.2) is 0 Å². The normalized spacial score (nSPS) is 10.3. The minimum atomic E-state index is -0.0145. The van der Waals surface area contributed by atoms with Crippen molar-refractivity contribution in [1.82, 2.24) is 0 Å². The van der Waals surface area contributed by atoms with E-state index in [0.717, 1.165) is 22.4 Å². The number of nitrogens with one attached hydrogen (secondary N) is 1. The Bertz CT molecular complexity index is 620. The molecule has 0 unspecified atom stereocenters. The maximum Gasteiger partial charge on any atom is 0.224 e. The highest BCUT2D eigenvalue weighted by Gasteiger charge is 2.06. The molecule has 0 atom stereocenters. The van der Waals surface area contributed by atoms with E-state index in [4.69, 9.17) is 0 Å². The molecular weight excluding hydrogens is 250 g/mol. The summed E-state index contributed by atoms with van der Waals surface area (Å²) in [5, 5.41) is 12.5. The van der Waals surface area contributed by atoms with E-state index in [1.54, 1.807) is 6.07 Å². The minimum absolute atomic E-state index is 0.0145. The molecule has 2 aromatic carbocycles. The van der Waals surface area contributed by atoms with Crippen LogP contribution < -0.4 is 5.32 Å². The van der Waals surface area contributed by atoms with Crippen molar-refractivity contribution in [1.29, 1.82) is 0 Å². The number of hydrogen-bond donors (Lipinski definition) is 2. The van der Waals surface area contributed by atoms with E-state index in [0.29, 0.717) is 12.8 Å². The molecule has 0 radical (unpaired) electrons. The summed E-state index contributed by atoms with van der Waals surface area (Å²) in [6, 6.07) is 13.2. The highest BCUT2D eigenvalue weighted by atomic mass is 16.3. The predicted octanol–water partition coefficient (Wildman–Crippen LogP) is 3.58. The fourth-order valence-electron chi connectivity index (χ4n) is 1.99. The average molecular weight is 269 g/mol. The van der Waals surface area contributed by atoms with Crippen LogP contribution in [0.3, 0.4) is 0 Å². The van der Waals surface area contributed by atoms with Gasteiger partial charge in [0.25, 0.3) is 0 Å². The van der Waals surface area contributed by atoms with Crippen LogP contribution in [0.25, 0.3) is 0 Å². The number of hydrogen-bond acceptors (Lipinski definition) is 2. The van der Waals surface area contributed by atoms with Crippen molar-refractivity contribution in [2.75, 3.05) is 5.32 Å². The van der Waals surface area contributed by atoms with Crippen molar-refractivity contribution in [3.05, 3.63) is 59.2 Å². The lowest BCUT2D eigenvalue weighted by molar-refractivity contribution is -0.116. The molecule has 0 aromatic heterocycles. The number of phenols is 1. The molecule has 0 spiro atoms. The molecule has 20 heavy (non-hydrogen) atoms. The summed E-state index contributed by atoms with van der Waals surface area (Å²) >= 11 is 0. The van der Waals surface area contributed by atoms with E-state index in [2.05, 4.69) is 5.32 Å². The van der Waals surface area contributed by atoms with Gasteiger partial charge in [-0.05, 0) is 49.1 Å². The SMILES string of the molecule is Cc1ccc(CCC(=O)Nc2ccccc2C)cc1O. The summed E-state index contributed by atoms with van der Waals surface area (Å²) in [6.07, 6.45) is 1.02. The highest BCUT2D eigenvalue weighted by Crippen LogP contribution is 2.19. The molecule has 2 rings (SSSR count). The number of rotatable bonds is 4. The van der Waals surface area contributed by atoms with E-state index >= 15 is 0 Å². The van der Waals surface area contributed by atoms with Gasteiger partial charge in [0.15, 0.2) is 0 Å². The summed E-state index contributed by atoms with van der Waals surface area (Å²) in [5.74, 6) is 0.265. The second-order valence-corrected chi connectivity index (χ2v) is 4.98. The van der Waals surface area contributed by atoms with E-state index in [9.17, 15) is 9.90 Å². The lowest BCUT2D eigenvalue weighted by atomic mass is 10.1. The number of phenolic OH excluding ortho intramolecular Hbond substituents is 1. The van der Waals surface area contributed by atoms with Gasteiger partial charge in [-0.1, -0.05) is 30.3 Å². The fourth-order valence-corrected chi connectivity index (χ4v) is 1.99. The van der Waals surface area contributed by atoms with Crippen LogP contribution in [-0.4, -0.2) is 11.0 Å². The van der Waals surface area contributed by atoms with Crippen molar-refractivity contribution in [3.63, 3.8) is 0 Å². The van der Waals surface area contributed by atoms with Crippen molar-refractivity contribution < 1.29 is 9.90 Å². The van der Waals surface area contributed by atoms with Gasteiger partial charge in [-0.3, -0.25) is 4.79 Å². The molecule has 3 heteroatoms. The molecule has 0 fully saturated rings. The molecule has 0 aliphatic rings. The van der Waals surface area contributed by atoms with Gasteiger partial charge in [-0.2, -0.15) is 0 Å². The molecule has 0 aliphatic carbocycles. The lowest BCUT2D eigenvalue weighted by Crippen LogP contribution is -2.13.